The fraction of sp³-hybridized carbons (Fsp3) is 0.0769. The van der Waals surface area contributed by atoms with Gasteiger partial charge in [0, 0.05) is 10.2 Å². The predicted molar refractivity (Wildman–Crippen MR) is 74.8 cm³/mol. The maximum absolute atomic E-state index is 5.69. The number of methoxy groups -OCH3 is 1. The van der Waals surface area contributed by atoms with E-state index in [1.807, 2.05) is 42.5 Å². The molecule has 0 unspecified atom stereocenters. The smallest absolute Gasteiger partial charge is 0.142 e. The highest BCUT2D eigenvalue weighted by Crippen LogP contribution is 2.31. The van der Waals surface area contributed by atoms with Crippen LogP contribution in [-0.4, -0.2) is 7.11 Å². The lowest BCUT2D eigenvalue weighted by atomic mass is 10.2. The molecular weight excluding hydrogens is 280 g/mol. The number of rotatable bonds is 3. The van der Waals surface area contributed by atoms with E-state index in [9.17, 15) is 0 Å². The van der Waals surface area contributed by atoms with Crippen LogP contribution in [0.15, 0.2) is 46.9 Å². The number of halogens is 1. The normalized spacial score (nSPS) is 10.0. The van der Waals surface area contributed by atoms with Crippen molar-refractivity contribution in [2.24, 2.45) is 0 Å². The van der Waals surface area contributed by atoms with Gasteiger partial charge >= 0.3 is 0 Å². The summed E-state index contributed by atoms with van der Waals surface area (Å²) >= 11 is 3.47. The highest BCUT2D eigenvalue weighted by molar-refractivity contribution is 9.10. The van der Waals surface area contributed by atoms with Crippen LogP contribution in [0.25, 0.3) is 0 Å². The number of ether oxygens (including phenoxy) is 1. The Balaban J connectivity index is 2.31. The monoisotopic (exact) mass is 292 g/mol. The SMILES string of the molecule is COc1ccccc1Nc1ccc(N)cc1Br. The van der Waals surface area contributed by atoms with Gasteiger partial charge in [0.05, 0.1) is 18.5 Å². The summed E-state index contributed by atoms with van der Waals surface area (Å²) in [6, 6.07) is 13.4. The van der Waals surface area contributed by atoms with E-state index in [1.165, 1.54) is 0 Å². The van der Waals surface area contributed by atoms with Gasteiger partial charge in [0.1, 0.15) is 5.75 Å². The van der Waals surface area contributed by atoms with Crippen molar-refractivity contribution in [1.82, 2.24) is 0 Å². The lowest BCUT2D eigenvalue weighted by Crippen LogP contribution is -1.95. The van der Waals surface area contributed by atoms with Gasteiger partial charge < -0.3 is 15.8 Å². The van der Waals surface area contributed by atoms with Crippen molar-refractivity contribution in [3.63, 3.8) is 0 Å². The Bertz CT molecular complexity index is 529. The Hall–Kier alpha value is -1.68. The molecule has 2 aromatic carbocycles. The summed E-state index contributed by atoms with van der Waals surface area (Å²) in [5.74, 6) is 0.802. The minimum atomic E-state index is 0.724. The molecule has 3 nitrogen and oxygen atoms in total. The topological polar surface area (TPSA) is 47.3 Å². The summed E-state index contributed by atoms with van der Waals surface area (Å²) in [6.45, 7) is 0. The van der Waals surface area contributed by atoms with Crippen LogP contribution >= 0.6 is 15.9 Å². The molecule has 0 aliphatic heterocycles. The van der Waals surface area contributed by atoms with E-state index in [-0.39, 0.29) is 0 Å². The Labute approximate surface area is 109 Å². The van der Waals surface area contributed by atoms with Crippen LogP contribution in [0.5, 0.6) is 5.75 Å². The lowest BCUT2D eigenvalue weighted by Gasteiger charge is -2.12. The maximum Gasteiger partial charge on any atom is 0.142 e. The molecule has 0 fully saturated rings. The lowest BCUT2D eigenvalue weighted by molar-refractivity contribution is 0.417. The van der Waals surface area contributed by atoms with Crippen molar-refractivity contribution in [1.29, 1.82) is 0 Å². The first-order chi connectivity index (χ1) is 8.20. The second kappa shape index (κ2) is 5.10. The summed E-state index contributed by atoms with van der Waals surface area (Å²) < 4.78 is 6.20. The molecular formula is C13H13BrN2O. The van der Waals surface area contributed by atoms with Crippen molar-refractivity contribution in [3.8, 4) is 5.75 Å². The van der Waals surface area contributed by atoms with Gasteiger partial charge in [0.15, 0.2) is 0 Å². The van der Waals surface area contributed by atoms with E-state index in [0.29, 0.717) is 0 Å². The van der Waals surface area contributed by atoms with Crippen LogP contribution in [0, 0.1) is 0 Å². The van der Waals surface area contributed by atoms with Crippen molar-refractivity contribution >= 4 is 33.0 Å². The highest BCUT2D eigenvalue weighted by Gasteiger charge is 2.04. The molecule has 0 aliphatic carbocycles. The first kappa shape index (κ1) is 11.8. The summed E-state index contributed by atoms with van der Waals surface area (Å²) in [5.41, 5.74) is 8.28. The largest absolute Gasteiger partial charge is 0.495 e. The Morgan fingerprint density at radius 1 is 1.12 bits per heavy atom. The molecule has 17 heavy (non-hydrogen) atoms. The van der Waals surface area contributed by atoms with Gasteiger partial charge in [-0.1, -0.05) is 12.1 Å². The fourth-order valence-electron chi connectivity index (χ4n) is 1.53. The van der Waals surface area contributed by atoms with Gasteiger partial charge in [-0.2, -0.15) is 0 Å². The molecule has 0 saturated heterocycles. The molecule has 0 aromatic heterocycles. The highest BCUT2D eigenvalue weighted by atomic mass is 79.9. The first-order valence-corrected chi connectivity index (χ1v) is 5.95. The van der Waals surface area contributed by atoms with Crippen LogP contribution in [0.1, 0.15) is 0 Å². The minimum absolute atomic E-state index is 0.724. The molecule has 0 saturated carbocycles. The third-order valence-corrected chi connectivity index (χ3v) is 3.03. The second-order valence-electron chi connectivity index (χ2n) is 3.56. The van der Waals surface area contributed by atoms with E-state index >= 15 is 0 Å². The number of hydrogen-bond donors (Lipinski definition) is 2. The number of para-hydroxylation sites is 2. The third-order valence-electron chi connectivity index (χ3n) is 2.37. The zero-order valence-corrected chi connectivity index (χ0v) is 11.0. The van der Waals surface area contributed by atoms with Gasteiger partial charge in [0.25, 0.3) is 0 Å². The number of benzene rings is 2. The number of hydrogen-bond acceptors (Lipinski definition) is 3. The molecule has 2 rings (SSSR count). The Kier molecular flexibility index (Phi) is 3.54. The van der Waals surface area contributed by atoms with Crippen LogP contribution in [0.4, 0.5) is 17.1 Å². The van der Waals surface area contributed by atoms with Gasteiger partial charge in [0.2, 0.25) is 0 Å². The van der Waals surface area contributed by atoms with Gasteiger partial charge in [-0.15, -0.1) is 0 Å². The van der Waals surface area contributed by atoms with Crippen LogP contribution in [0.2, 0.25) is 0 Å². The quantitative estimate of drug-likeness (QED) is 0.847. The molecule has 0 radical (unpaired) electrons. The molecule has 0 atom stereocenters. The summed E-state index contributed by atoms with van der Waals surface area (Å²) in [7, 11) is 1.65. The van der Waals surface area contributed by atoms with E-state index in [2.05, 4.69) is 21.2 Å². The summed E-state index contributed by atoms with van der Waals surface area (Å²) in [5, 5.41) is 3.29. The van der Waals surface area contributed by atoms with Crippen molar-refractivity contribution in [3.05, 3.63) is 46.9 Å². The zero-order valence-electron chi connectivity index (χ0n) is 9.41. The number of anilines is 3. The van der Waals surface area contributed by atoms with Crippen LogP contribution < -0.4 is 15.8 Å². The van der Waals surface area contributed by atoms with Crippen molar-refractivity contribution in [2.75, 3.05) is 18.2 Å². The van der Waals surface area contributed by atoms with E-state index in [4.69, 9.17) is 10.5 Å². The fourth-order valence-corrected chi connectivity index (χ4v) is 2.02. The second-order valence-corrected chi connectivity index (χ2v) is 4.42. The zero-order chi connectivity index (χ0) is 12.3. The van der Waals surface area contributed by atoms with Crippen LogP contribution in [-0.2, 0) is 0 Å². The average Bonchev–Trinajstić information content (AvgIpc) is 2.33. The Morgan fingerprint density at radius 2 is 1.88 bits per heavy atom. The summed E-state index contributed by atoms with van der Waals surface area (Å²) in [4.78, 5) is 0. The average molecular weight is 293 g/mol. The van der Waals surface area contributed by atoms with E-state index in [1.54, 1.807) is 7.11 Å². The number of nitrogen functional groups attached to an aromatic ring is 1. The van der Waals surface area contributed by atoms with E-state index in [0.717, 1.165) is 27.3 Å². The number of nitrogens with one attached hydrogen (secondary N) is 1. The molecule has 4 heteroatoms. The third kappa shape index (κ3) is 2.71. The van der Waals surface area contributed by atoms with Crippen LogP contribution in [0.3, 0.4) is 0 Å². The van der Waals surface area contributed by atoms with Gasteiger partial charge in [-0.25, -0.2) is 0 Å². The molecule has 0 aliphatic rings. The standard InChI is InChI=1S/C13H13BrN2O/c1-17-13-5-3-2-4-12(13)16-11-7-6-9(15)8-10(11)14/h2-8,16H,15H2,1H3. The molecule has 3 N–H and O–H groups in total. The minimum Gasteiger partial charge on any atom is -0.495 e. The molecule has 0 spiro atoms. The molecule has 2 aromatic rings. The maximum atomic E-state index is 5.69. The molecule has 0 bridgehead atoms. The Morgan fingerprint density at radius 3 is 2.59 bits per heavy atom. The van der Waals surface area contributed by atoms with Crippen molar-refractivity contribution < 1.29 is 4.74 Å². The van der Waals surface area contributed by atoms with Gasteiger partial charge in [-0.05, 0) is 46.3 Å². The summed E-state index contributed by atoms with van der Waals surface area (Å²) in [6.07, 6.45) is 0. The van der Waals surface area contributed by atoms with E-state index < -0.39 is 0 Å². The first-order valence-electron chi connectivity index (χ1n) is 5.16. The number of nitrogens with two attached hydrogens (primary N) is 1. The molecule has 0 amide bonds. The molecule has 0 heterocycles. The molecule has 88 valence electrons. The predicted octanol–water partition coefficient (Wildman–Crippen LogP) is 3.78. The van der Waals surface area contributed by atoms with Crippen molar-refractivity contribution in [2.45, 2.75) is 0 Å². The van der Waals surface area contributed by atoms with Gasteiger partial charge in [-0.3, -0.25) is 0 Å².